The third-order valence-electron chi connectivity index (χ3n) is 5.58. The van der Waals surface area contributed by atoms with Gasteiger partial charge < -0.3 is 14.0 Å². The molecule has 3 aromatic rings. The van der Waals surface area contributed by atoms with Gasteiger partial charge in [-0.25, -0.2) is 0 Å². The van der Waals surface area contributed by atoms with E-state index in [2.05, 4.69) is 10.6 Å². The van der Waals surface area contributed by atoms with Crippen molar-refractivity contribution >= 4 is 39.9 Å². The molecule has 0 radical (unpaired) electrons. The molecule has 33 heavy (non-hydrogen) atoms. The van der Waals surface area contributed by atoms with Crippen LogP contribution >= 0.6 is 11.8 Å². The molecule has 2 aromatic carbocycles. The molecule has 0 atom stereocenters. The Morgan fingerprint density at radius 2 is 1.73 bits per heavy atom. The number of para-hydroxylation sites is 3. The molecule has 1 aliphatic rings. The van der Waals surface area contributed by atoms with E-state index in [9.17, 15) is 9.59 Å². The summed E-state index contributed by atoms with van der Waals surface area (Å²) in [6.45, 7) is 3.84. The van der Waals surface area contributed by atoms with E-state index in [0.29, 0.717) is 18.1 Å². The van der Waals surface area contributed by atoms with Crippen LogP contribution in [0.4, 0.5) is 4.79 Å². The van der Waals surface area contributed by atoms with Crippen molar-refractivity contribution < 1.29 is 19.1 Å². The minimum atomic E-state index is -0.194. The molecule has 1 aromatic heterocycles. The Labute approximate surface area is 198 Å². The highest BCUT2D eigenvalue weighted by Crippen LogP contribution is 2.34. The smallest absolute Gasteiger partial charge is 0.293 e. The van der Waals surface area contributed by atoms with E-state index in [0.717, 1.165) is 65.5 Å². The molecule has 0 aliphatic carbocycles. The first-order valence-corrected chi connectivity index (χ1v) is 12.0. The maximum Gasteiger partial charge on any atom is 0.293 e. The number of hydrogen-bond acceptors (Lipinski definition) is 5. The molecule has 1 fully saturated rings. The van der Waals surface area contributed by atoms with Crippen LogP contribution in [-0.2, 0) is 11.3 Å². The van der Waals surface area contributed by atoms with Gasteiger partial charge in [-0.2, -0.15) is 0 Å². The highest BCUT2D eigenvalue weighted by Gasteiger charge is 2.34. The van der Waals surface area contributed by atoms with Crippen molar-refractivity contribution in [3.63, 3.8) is 0 Å². The van der Waals surface area contributed by atoms with E-state index in [1.807, 2.05) is 61.7 Å². The zero-order chi connectivity index (χ0) is 23.2. The third kappa shape index (κ3) is 5.09. The lowest BCUT2D eigenvalue weighted by Gasteiger charge is -2.11. The summed E-state index contributed by atoms with van der Waals surface area (Å²) in [7, 11) is 1.63. The molecule has 0 bridgehead atoms. The van der Waals surface area contributed by atoms with Crippen molar-refractivity contribution in [3.8, 4) is 11.5 Å². The zero-order valence-electron chi connectivity index (χ0n) is 19.0. The monoisotopic (exact) mass is 464 g/mol. The standard InChI is InChI=1S/C26H28N2O4S/c1-3-4-15-28-25(29)24(33-26(28)30)17-19-18-27(21-11-6-5-10-20(19)21)14-9-16-32-23-13-8-7-12-22(23)31-2/h5-8,10-13,17-18H,3-4,9,14-16H2,1-2H3/b24-17-. The van der Waals surface area contributed by atoms with Crippen molar-refractivity contribution in [2.45, 2.75) is 32.7 Å². The highest BCUT2D eigenvalue weighted by molar-refractivity contribution is 8.18. The van der Waals surface area contributed by atoms with Gasteiger partial charge in [0.15, 0.2) is 11.5 Å². The topological polar surface area (TPSA) is 60.8 Å². The number of aryl methyl sites for hydroxylation is 1. The van der Waals surface area contributed by atoms with Gasteiger partial charge >= 0.3 is 0 Å². The van der Waals surface area contributed by atoms with E-state index < -0.39 is 0 Å². The number of ether oxygens (including phenoxy) is 2. The fourth-order valence-electron chi connectivity index (χ4n) is 3.88. The molecule has 0 unspecified atom stereocenters. The number of carbonyl (C=O) groups is 2. The Kier molecular flexibility index (Phi) is 7.40. The molecule has 0 N–H and O–H groups in total. The number of rotatable bonds is 10. The first-order valence-electron chi connectivity index (χ1n) is 11.2. The van der Waals surface area contributed by atoms with E-state index >= 15 is 0 Å². The number of aromatic nitrogens is 1. The Morgan fingerprint density at radius 3 is 2.52 bits per heavy atom. The number of thioether (sulfide) groups is 1. The fraction of sp³-hybridized carbons (Fsp3) is 0.308. The largest absolute Gasteiger partial charge is 0.493 e. The second kappa shape index (κ2) is 10.6. The second-order valence-corrected chi connectivity index (χ2v) is 8.83. The van der Waals surface area contributed by atoms with Crippen LogP contribution < -0.4 is 9.47 Å². The van der Waals surface area contributed by atoms with E-state index in [4.69, 9.17) is 9.47 Å². The van der Waals surface area contributed by atoms with Gasteiger partial charge in [-0.15, -0.1) is 0 Å². The van der Waals surface area contributed by atoms with Gasteiger partial charge in [-0.3, -0.25) is 14.5 Å². The number of benzene rings is 2. The van der Waals surface area contributed by atoms with Crippen LogP contribution in [0.1, 0.15) is 31.7 Å². The molecule has 7 heteroatoms. The van der Waals surface area contributed by atoms with Crippen LogP contribution in [0.2, 0.25) is 0 Å². The summed E-state index contributed by atoms with van der Waals surface area (Å²) in [6, 6.07) is 15.7. The summed E-state index contributed by atoms with van der Waals surface area (Å²) in [5.74, 6) is 1.26. The van der Waals surface area contributed by atoms with Crippen LogP contribution in [0.25, 0.3) is 17.0 Å². The minimum Gasteiger partial charge on any atom is -0.493 e. The Balaban J connectivity index is 1.48. The predicted molar refractivity (Wildman–Crippen MR) is 133 cm³/mol. The maximum atomic E-state index is 12.7. The summed E-state index contributed by atoms with van der Waals surface area (Å²) in [5, 5.41) is 0.875. The van der Waals surface area contributed by atoms with Crippen LogP contribution in [0, 0.1) is 0 Å². The Hall–Kier alpha value is -3.19. The first-order chi connectivity index (χ1) is 16.1. The molecule has 0 spiro atoms. The van der Waals surface area contributed by atoms with Gasteiger partial charge in [0, 0.05) is 35.8 Å². The number of nitrogens with zero attached hydrogens (tertiary/aromatic N) is 2. The van der Waals surface area contributed by atoms with Gasteiger partial charge in [0.1, 0.15) is 0 Å². The van der Waals surface area contributed by atoms with Crippen molar-refractivity contribution in [1.29, 1.82) is 0 Å². The van der Waals surface area contributed by atoms with E-state index in [1.165, 1.54) is 4.90 Å². The number of methoxy groups -OCH3 is 1. The number of unbranched alkanes of at least 4 members (excludes halogenated alkanes) is 1. The second-order valence-electron chi connectivity index (χ2n) is 7.83. The van der Waals surface area contributed by atoms with E-state index in [1.54, 1.807) is 7.11 Å². The molecule has 2 heterocycles. The summed E-state index contributed by atoms with van der Waals surface area (Å²) in [6.07, 6.45) is 6.47. The van der Waals surface area contributed by atoms with Crippen LogP contribution in [0.15, 0.2) is 59.6 Å². The summed E-state index contributed by atoms with van der Waals surface area (Å²) in [5.41, 5.74) is 2.03. The van der Waals surface area contributed by atoms with Crippen molar-refractivity contribution in [2.75, 3.05) is 20.3 Å². The highest BCUT2D eigenvalue weighted by atomic mass is 32.2. The number of hydrogen-bond donors (Lipinski definition) is 0. The summed E-state index contributed by atoms with van der Waals surface area (Å²) in [4.78, 5) is 26.9. The number of amides is 2. The molecule has 0 saturated carbocycles. The molecule has 172 valence electrons. The normalized spacial score (nSPS) is 15.1. The van der Waals surface area contributed by atoms with Crippen LogP contribution in [0.3, 0.4) is 0 Å². The predicted octanol–water partition coefficient (Wildman–Crippen LogP) is 5.96. The molecule has 1 saturated heterocycles. The lowest BCUT2D eigenvalue weighted by atomic mass is 10.1. The van der Waals surface area contributed by atoms with Crippen molar-refractivity contribution in [2.24, 2.45) is 0 Å². The summed E-state index contributed by atoms with van der Waals surface area (Å²) < 4.78 is 13.4. The van der Waals surface area contributed by atoms with Gasteiger partial charge in [0.25, 0.3) is 11.1 Å². The minimum absolute atomic E-state index is 0.183. The van der Waals surface area contributed by atoms with Gasteiger partial charge in [-0.1, -0.05) is 43.7 Å². The lowest BCUT2D eigenvalue weighted by molar-refractivity contribution is -0.122. The van der Waals surface area contributed by atoms with Crippen molar-refractivity contribution in [3.05, 3.63) is 65.2 Å². The average molecular weight is 465 g/mol. The van der Waals surface area contributed by atoms with Gasteiger partial charge in [-0.05, 0) is 48.9 Å². The molecule has 6 nitrogen and oxygen atoms in total. The molecule has 1 aliphatic heterocycles. The molecule has 4 rings (SSSR count). The lowest BCUT2D eigenvalue weighted by Crippen LogP contribution is -2.29. The van der Waals surface area contributed by atoms with Gasteiger partial charge in [0.2, 0.25) is 0 Å². The fourth-order valence-corrected chi connectivity index (χ4v) is 4.74. The van der Waals surface area contributed by atoms with Gasteiger partial charge in [0.05, 0.1) is 18.6 Å². The molecule has 2 amide bonds. The Morgan fingerprint density at radius 1 is 0.970 bits per heavy atom. The molecular formula is C26H28N2O4S. The summed E-state index contributed by atoms with van der Waals surface area (Å²) >= 11 is 1.02. The number of fused-ring (bicyclic) bond motifs is 1. The first kappa shape index (κ1) is 23.0. The quantitative estimate of drug-likeness (QED) is 0.274. The molecular weight excluding hydrogens is 436 g/mol. The maximum absolute atomic E-state index is 12.7. The number of carbonyl (C=O) groups excluding carboxylic acids is 2. The number of imide groups is 1. The third-order valence-corrected chi connectivity index (χ3v) is 6.49. The zero-order valence-corrected chi connectivity index (χ0v) is 19.8. The van der Waals surface area contributed by atoms with Crippen LogP contribution in [0.5, 0.6) is 11.5 Å². The average Bonchev–Trinajstić information content (AvgIpc) is 3.32. The Bertz CT molecular complexity index is 1180. The van der Waals surface area contributed by atoms with Crippen LogP contribution in [-0.4, -0.2) is 40.9 Å². The van der Waals surface area contributed by atoms with E-state index in [-0.39, 0.29) is 11.1 Å². The SMILES string of the molecule is CCCCN1C(=O)S/C(=C\c2cn(CCCOc3ccccc3OC)c3ccccc23)C1=O. The van der Waals surface area contributed by atoms with Crippen molar-refractivity contribution in [1.82, 2.24) is 9.47 Å².